The van der Waals surface area contributed by atoms with E-state index in [9.17, 15) is 4.79 Å². The number of fused-ring (bicyclic) bond motifs is 1. The van der Waals surface area contributed by atoms with Gasteiger partial charge in [0.15, 0.2) is 0 Å². The summed E-state index contributed by atoms with van der Waals surface area (Å²) in [4.78, 5) is 15.5. The van der Waals surface area contributed by atoms with Crippen LogP contribution in [0.4, 0.5) is 11.4 Å². The Balaban J connectivity index is 1.66. The molecule has 1 aromatic heterocycles. The van der Waals surface area contributed by atoms with Crippen molar-refractivity contribution in [2.75, 3.05) is 36.5 Å². The number of thiophene rings is 1. The van der Waals surface area contributed by atoms with Crippen LogP contribution in [0.5, 0.6) is 0 Å². The van der Waals surface area contributed by atoms with Gasteiger partial charge in [-0.05, 0) is 24.3 Å². The molecule has 1 fully saturated rings. The van der Waals surface area contributed by atoms with Crippen LogP contribution in [0.3, 0.4) is 0 Å². The van der Waals surface area contributed by atoms with Crippen LogP contribution in [0.25, 0.3) is 10.1 Å². The minimum atomic E-state index is -0.269. The number of para-hydroxylation sites is 2. The summed E-state index contributed by atoms with van der Waals surface area (Å²) in [5.41, 5.74) is 1.70. The molecule has 0 radical (unpaired) electrons. The molecule has 27 heavy (non-hydrogen) atoms. The maximum Gasteiger partial charge on any atom is 0.267 e. The van der Waals surface area contributed by atoms with Crippen LogP contribution in [0.1, 0.15) is 9.67 Å². The van der Waals surface area contributed by atoms with Crippen molar-refractivity contribution in [3.63, 3.8) is 0 Å². The number of nitrogens with zero attached hydrogens (tertiary/aromatic N) is 1. The Kier molecular flexibility index (Phi) is 5.48. The van der Waals surface area contributed by atoms with Gasteiger partial charge in [0.05, 0.1) is 34.6 Å². The number of morpholine rings is 1. The first-order valence-corrected chi connectivity index (χ1v) is 10.3. The van der Waals surface area contributed by atoms with Crippen molar-refractivity contribution < 1.29 is 9.53 Å². The van der Waals surface area contributed by atoms with Crippen molar-refractivity contribution in [2.45, 2.75) is 0 Å². The van der Waals surface area contributed by atoms with Crippen molar-refractivity contribution in [3.8, 4) is 0 Å². The Bertz CT molecular complexity index is 1020. The number of carbonyl (C=O) groups is 1. The van der Waals surface area contributed by atoms with Gasteiger partial charge in [-0.3, -0.25) is 4.79 Å². The number of amides is 1. The predicted octanol–water partition coefficient (Wildman–Crippen LogP) is 5.95. The molecule has 1 aliphatic rings. The van der Waals surface area contributed by atoms with Gasteiger partial charge in [-0.15, -0.1) is 11.3 Å². The van der Waals surface area contributed by atoms with Crippen LogP contribution in [-0.4, -0.2) is 32.2 Å². The van der Waals surface area contributed by atoms with E-state index in [0.717, 1.165) is 29.2 Å². The highest BCUT2D eigenvalue weighted by Gasteiger charge is 2.21. The average molecular weight is 442 g/mol. The summed E-state index contributed by atoms with van der Waals surface area (Å²) in [5, 5.41) is 4.93. The van der Waals surface area contributed by atoms with E-state index in [1.807, 2.05) is 24.3 Å². The Hall–Kier alpha value is -1.50. The van der Waals surface area contributed by atoms with Crippen molar-refractivity contribution in [3.05, 3.63) is 56.3 Å². The van der Waals surface area contributed by atoms with Gasteiger partial charge in [0.1, 0.15) is 4.88 Å². The smallest absolute Gasteiger partial charge is 0.267 e. The van der Waals surface area contributed by atoms with Crippen molar-refractivity contribution in [1.29, 1.82) is 0 Å². The molecule has 1 saturated heterocycles. The van der Waals surface area contributed by atoms with Gasteiger partial charge in [0.2, 0.25) is 0 Å². The quantitative estimate of drug-likeness (QED) is 0.546. The molecule has 4 rings (SSSR count). The third-order valence-corrected chi connectivity index (χ3v) is 6.50. The number of anilines is 2. The highest BCUT2D eigenvalue weighted by atomic mass is 35.5. The number of benzene rings is 2. The molecule has 0 atom stereocenters. The topological polar surface area (TPSA) is 41.6 Å². The standard InChI is InChI=1S/C19H15Cl3N2O2S/c20-11-9-12(21)16-15(10-11)27-18(17(16)22)19(25)23-13-3-1-2-4-14(13)24-5-7-26-8-6-24/h1-4,9-10H,5-8H2,(H,23,25). The number of hydrogen-bond acceptors (Lipinski definition) is 4. The maximum atomic E-state index is 12.9. The minimum Gasteiger partial charge on any atom is -0.378 e. The summed E-state index contributed by atoms with van der Waals surface area (Å²) in [6, 6.07) is 11.1. The summed E-state index contributed by atoms with van der Waals surface area (Å²) in [5.74, 6) is -0.269. The van der Waals surface area contributed by atoms with Gasteiger partial charge in [-0.25, -0.2) is 0 Å². The number of nitrogens with one attached hydrogen (secondary N) is 1. The zero-order valence-corrected chi connectivity index (χ0v) is 17.2. The first-order valence-electron chi connectivity index (χ1n) is 8.34. The Morgan fingerprint density at radius 1 is 1.11 bits per heavy atom. The lowest BCUT2D eigenvalue weighted by atomic mass is 10.2. The highest BCUT2D eigenvalue weighted by Crippen LogP contribution is 2.41. The second-order valence-electron chi connectivity index (χ2n) is 6.08. The number of halogens is 3. The number of ether oxygens (including phenoxy) is 1. The summed E-state index contributed by atoms with van der Waals surface area (Å²) in [7, 11) is 0. The van der Waals surface area contributed by atoms with Crippen LogP contribution >= 0.6 is 46.1 Å². The Morgan fingerprint density at radius 3 is 2.63 bits per heavy atom. The summed E-state index contributed by atoms with van der Waals surface area (Å²) >= 11 is 20.1. The molecule has 2 aromatic carbocycles. The lowest BCUT2D eigenvalue weighted by Gasteiger charge is -2.30. The molecule has 0 bridgehead atoms. The minimum absolute atomic E-state index is 0.269. The fourth-order valence-corrected chi connectivity index (χ4v) is 5.37. The molecule has 140 valence electrons. The molecule has 2 heterocycles. The van der Waals surface area contributed by atoms with Crippen LogP contribution in [0.15, 0.2) is 36.4 Å². The molecule has 3 aromatic rings. The van der Waals surface area contributed by atoms with E-state index in [2.05, 4.69) is 10.2 Å². The molecule has 0 aliphatic carbocycles. The van der Waals surface area contributed by atoms with Crippen LogP contribution in [0, 0.1) is 0 Å². The van der Waals surface area contributed by atoms with Crippen LogP contribution in [-0.2, 0) is 4.74 Å². The van der Waals surface area contributed by atoms with E-state index < -0.39 is 0 Å². The van der Waals surface area contributed by atoms with E-state index in [1.165, 1.54) is 11.3 Å². The van der Waals surface area contributed by atoms with Crippen LogP contribution < -0.4 is 10.2 Å². The largest absolute Gasteiger partial charge is 0.378 e. The fraction of sp³-hybridized carbons (Fsp3) is 0.211. The van der Waals surface area contributed by atoms with Gasteiger partial charge in [-0.2, -0.15) is 0 Å². The molecule has 1 aliphatic heterocycles. The van der Waals surface area contributed by atoms with Gasteiger partial charge in [0, 0.05) is 28.2 Å². The lowest BCUT2D eigenvalue weighted by molar-refractivity contribution is 0.103. The molecule has 8 heteroatoms. The zero-order valence-electron chi connectivity index (χ0n) is 14.1. The van der Waals surface area contributed by atoms with Crippen LogP contribution in [0.2, 0.25) is 15.1 Å². The molecule has 1 N–H and O–H groups in total. The maximum absolute atomic E-state index is 12.9. The molecular formula is C19H15Cl3N2O2S. The Morgan fingerprint density at radius 2 is 1.85 bits per heavy atom. The van der Waals surface area contributed by atoms with E-state index in [0.29, 0.717) is 38.5 Å². The second-order valence-corrected chi connectivity index (χ2v) is 8.35. The zero-order chi connectivity index (χ0) is 19.0. The average Bonchev–Trinajstić information content (AvgIpc) is 2.99. The molecular weight excluding hydrogens is 427 g/mol. The fourth-order valence-electron chi connectivity index (χ4n) is 3.10. The lowest BCUT2D eigenvalue weighted by Crippen LogP contribution is -2.36. The van der Waals surface area contributed by atoms with Crippen molar-refractivity contribution in [1.82, 2.24) is 0 Å². The number of rotatable bonds is 3. The molecule has 0 spiro atoms. The molecule has 0 saturated carbocycles. The Labute approximate surface area is 175 Å². The first kappa shape index (κ1) is 18.8. The third-order valence-electron chi connectivity index (χ3n) is 4.36. The summed E-state index contributed by atoms with van der Waals surface area (Å²) < 4.78 is 6.20. The number of hydrogen-bond donors (Lipinski definition) is 1. The van der Waals surface area contributed by atoms with Gasteiger partial charge in [0.25, 0.3) is 5.91 Å². The van der Waals surface area contributed by atoms with Crippen molar-refractivity contribution in [2.24, 2.45) is 0 Å². The predicted molar refractivity (Wildman–Crippen MR) is 114 cm³/mol. The van der Waals surface area contributed by atoms with E-state index in [4.69, 9.17) is 39.5 Å². The summed E-state index contributed by atoms with van der Waals surface area (Å²) in [6.07, 6.45) is 0. The monoisotopic (exact) mass is 440 g/mol. The first-order chi connectivity index (χ1) is 13.0. The normalized spacial score (nSPS) is 14.6. The SMILES string of the molecule is O=C(Nc1ccccc1N1CCOCC1)c1sc2cc(Cl)cc(Cl)c2c1Cl. The molecule has 1 amide bonds. The molecule has 4 nitrogen and oxygen atoms in total. The summed E-state index contributed by atoms with van der Waals surface area (Å²) in [6.45, 7) is 2.91. The van der Waals surface area contributed by atoms with E-state index >= 15 is 0 Å². The van der Waals surface area contributed by atoms with E-state index in [-0.39, 0.29) is 5.91 Å². The van der Waals surface area contributed by atoms with Gasteiger partial charge in [-0.1, -0.05) is 46.9 Å². The van der Waals surface area contributed by atoms with Crippen molar-refractivity contribution >= 4 is 73.5 Å². The number of carbonyl (C=O) groups excluding carboxylic acids is 1. The van der Waals surface area contributed by atoms with Gasteiger partial charge >= 0.3 is 0 Å². The van der Waals surface area contributed by atoms with E-state index in [1.54, 1.807) is 12.1 Å². The second kappa shape index (κ2) is 7.86. The highest BCUT2D eigenvalue weighted by molar-refractivity contribution is 7.21. The molecule has 0 unspecified atom stereocenters. The third kappa shape index (κ3) is 3.75. The van der Waals surface area contributed by atoms with Gasteiger partial charge < -0.3 is 15.0 Å².